The molecule has 2 aromatic carbocycles. The molecule has 0 radical (unpaired) electrons. The topological polar surface area (TPSA) is 84.8 Å². The van der Waals surface area contributed by atoms with Crippen LogP contribution in [0.25, 0.3) is 22.3 Å². The number of hydrogen-bond acceptors (Lipinski definition) is 4. The van der Waals surface area contributed by atoms with Gasteiger partial charge in [-0.05, 0) is 24.3 Å². The summed E-state index contributed by atoms with van der Waals surface area (Å²) in [4.78, 5) is 17.2. The number of amides is 1. The van der Waals surface area contributed by atoms with Gasteiger partial charge in [0.2, 0.25) is 5.91 Å². The van der Waals surface area contributed by atoms with Gasteiger partial charge < -0.3 is 14.6 Å². The quantitative estimate of drug-likeness (QED) is 0.539. The molecule has 1 amide bonds. The summed E-state index contributed by atoms with van der Waals surface area (Å²) in [6.45, 7) is 2.21. The van der Waals surface area contributed by atoms with Crippen LogP contribution in [-0.4, -0.2) is 32.8 Å². The van der Waals surface area contributed by atoms with Gasteiger partial charge in [-0.2, -0.15) is 5.10 Å². The molecule has 4 aromatic rings. The van der Waals surface area contributed by atoms with Crippen molar-refractivity contribution in [2.75, 3.05) is 12.4 Å². The van der Waals surface area contributed by atoms with E-state index in [2.05, 4.69) is 20.5 Å². The maximum Gasteiger partial charge on any atom is 0.245 e. The average Bonchev–Trinajstić information content (AvgIpc) is 3.32. The van der Waals surface area contributed by atoms with E-state index < -0.39 is 0 Å². The molecule has 0 aliphatic rings. The van der Waals surface area contributed by atoms with Crippen molar-refractivity contribution in [3.05, 3.63) is 60.4 Å². The van der Waals surface area contributed by atoms with Crippen LogP contribution in [0, 0.1) is 0 Å². The van der Waals surface area contributed by atoms with Gasteiger partial charge >= 0.3 is 0 Å². The maximum absolute atomic E-state index is 12.6. The van der Waals surface area contributed by atoms with E-state index in [4.69, 9.17) is 4.74 Å². The number of carbonyl (C=O) groups is 1. The minimum absolute atomic E-state index is 0.157. The molecule has 4 rings (SSSR count). The number of H-pyrrole nitrogens is 1. The number of benzene rings is 2. The summed E-state index contributed by atoms with van der Waals surface area (Å²) in [5.74, 6) is 1.93. The lowest BCUT2D eigenvalue weighted by Gasteiger charge is -2.07. The van der Waals surface area contributed by atoms with Crippen molar-refractivity contribution in [3.63, 3.8) is 0 Å². The van der Waals surface area contributed by atoms with E-state index >= 15 is 0 Å². The first kappa shape index (κ1) is 17.8. The number of aryl methyl sites for hydroxylation is 1. The van der Waals surface area contributed by atoms with Gasteiger partial charge in [0.15, 0.2) is 5.82 Å². The fourth-order valence-corrected chi connectivity index (χ4v) is 3.29. The third kappa shape index (κ3) is 3.34. The Morgan fingerprint density at radius 2 is 1.96 bits per heavy atom. The lowest BCUT2D eigenvalue weighted by molar-refractivity contribution is -0.116. The standard InChI is InChI=1S/C21H21N5O2/c1-3-20-22-15-9-5-6-10-17(15)26(20)13-21(27)23-19-12-16(24-25-19)14-8-4-7-11-18(14)28-2/h4-12H,3,13H2,1-2H3,(H2,23,24,25,27). The number of imidazole rings is 1. The Hall–Kier alpha value is -3.61. The zero-order chi connectivity index (χ0) is 19.5. The molecule has 7 heteroatoms. The second-order valence-electron chi connectivity index (χ2n) is 6.37. The molecule has 0 aliphatic heterocycles. The van der Waals surface area contributed by atoms with Crippen LogP contribution >= 0.6 is 0 Å². The smallest absolute Gasteiger partial charge is 0.245 e. The van der Waals surface area contributed by atoms with E-state index in [0.717, 1.165) is 40.3 Å². The molecular formula is C21H21N5O2. The molecule has 0 saturated carbocycles. The Morgan fingerprint density at radius 3 is 2.79 bits per heavy atom. The molecule has 2 N–H and O–H groups in total. The first-order valence-electron chi connectivity index (χ1n) is 9.12. The second-order valence-corrected chi connectivity index (χ2v) is 6.37. The number of aromatic nitrogens is 4. The van der Waals surface area contributed by atoms with Crippen molar-refractivity contribution >= 4 is 22.8 Å². The van der Waals surface area contributed by atoms with Gasteiger partial charge in [-0.1, -0.05) is 31.2 Å². The fourth-order valence-electron chi connectivity index (χ4n) is 3.29. The maximum atomic E-state index is 12.6. The van der Waals surface area contributed by atoms with Crippen LogP contribution in [0.1, 0.15) is 12.7 Å². The normalized spacial score (nSPS) is 10.9. The highest BCUT2D eigenvalue weighted by Crippen LogP contribution is 2.29. The molecule has 2 aromatic heterocycles. The van der Waals surface area contributed by atoms with Crippen LogP contribution < -0.4 is 10.1 Å². The molecule has 0 unspecified atom stereocenters. The molecule has 0 bridgehead atoms. The summed E-state index contributed by atoms with van der Waals surface area (Å²) in [7, 11) is 1.62. The summed E-state index contributed by atoms with van der Waals surface area (Å²) in [6.07, 6.45) is 0.752. The molecule has 142 valence electrons. The molecule has 2 heterocycles. The van der Waals surface area contributed by atoms with Gasteiger partial charge in [0.25, 0.3) is 0 Å². The van der Waals surface area contributed by atoms with E-state index in [1.165, 1.54) is 0 Å². The number of nitrogens with one attached hydrogen (secondary N) is 2. The summed E-state index contributed by atoms with van der Waals surface area (Å²) in [5.41, 5.74) is 3.50. The monoisotopic (exact) mass is 375 g/mol. The molecule has 0 saturated heterocycles. The van der Waals surface area contributed by atoms with E-state index in [1.807, 2.05) is 60.0 Å². The summed E-state index contributed by atoms with van der Waals surface area (Å²) in [5, 5.41) is 10.0. The van der Waals surface area contributed by atoms with Gasteiger partial charge in [-0.15, -0.1) is 0 Å². The number of ether oxygens (including phenoxy) is 1. The summed E-state index contributed by atoms with van der Waals surface area (Å²) < 4.78 is 7.32. The van der Waals surface area contributed by atoms with Gasteiger partial charge in [-0.3, -0.25) is 9.89 Å². The third-order valence-electron chi connectivity index (χ3n) is 4.59. The van der Waals surface area contributed by atoms with Crippen LogP contribution in [0.2, 0.25) is 0 Å². The molecule has 28 heavy (non-hydrogen) atoms. The highest BCUT2D eigenvalue weighted by Gasteiger charge is 2.14. The van der Waals surface area contributed by atoms with Crippen molar-refractivity contribution in [2.45, 2.75) is 19.9 Å². The zero-order valence-electron chi connectivity index (χ0n) is 15.8. The predicted octanol–water partition coefficient (Wildman–Crippen LogP) is 3.64. The van der Waals surface area contributed by atoms with Crippen molar-refractivity contribution < 1.29 is 9.53 Å². The van der Waals surface area contributed by atoms with Crippen LogP contribution in [0.15, 0.2) is 54.6 Å². The van der Waals surface area contributed by atoms with Gasteiger partial charge in [0.05, 0.1) is 23.8 Å². The Kier molecular flexibility index (Phi) is 4.80. The highest BCUT2D eigenvalue weighted by molar-refractivity contribution is 5.91. The number of nitrogens with zero attached hydrogens (tertiary/aromatic N) is 3. The molecule has 0 spiro atoms. The summed E-state index contributed by atoms with van der Waals surface area (Å²) >= 11 is 0. The fraction of sp³-hybridized carbons (Fsp3) is 0.190. The van der Waals surface area contributed by atoms with Gasteiger partial charge in [-0.25, -0.2) is 4.98 Å². The van der Waals surface area contributed by atoms with Crippen molar-refractivity contribution in [1.29, 1.82) is 0 Å². The Labute approximate surface area is 162 Å². The lowest BCUT2D eigenvalue weighted by Crippen LogP contribution is -2.20. The van der Waals surface area contributed by atoms with E-state index in [1.54, 1.807) is 13.2 Å². The predicted molar refractivity (Wildman–Crippen MR) is 108 cm³/mol. The molecular weight excluding hydrogens is 354 g/mol. The molecule has 0 atom stereocenters. The van der Waals surface area contributed by atoms with Crippen molar-refractivity contribution in [3.8, 4) is 17.0 Å². The number of methoxy groups -OCH3 is 1. The summed E-state index contributed by atoms with van der Waals surface area (Å²) in [6, 6.07) is 17.3. The van der Waals surface area contributed by atoms with Crippen LogP contribution in [0.3, 0.4) is 0 Å². The zero-order valence-corrected chi connectivity index (χ0v) is 15.8. The average molecular weight is 375 g/mol. The van der Waals surface area contributed by atoms with Crippen molar-refractivity contribution in [1.82, 2.24) is 19.7 Å². The largest absolute Gasteiger partial charge is 0.496 e. The number of anilines is 1. The first-order chi connectivity index (χ1) is 13.7. The minimum atomic E-state index is -0.157. The van der Waals surface area contributed by atoms with Crippen LogP contribution in [0.4, 0.5) is 5.82 Å². The third-order valence-corrected chi connectivity index (χ3v) is 4.59. The Balaban J connectivity index is 1.53. The Morgan fingerprint density at radius 1 is 1.18 bits per heavy atom. The second kappa shape index (κ2) is 7.56. The first-order valence-corrected chi connectivity index (χ1v) is 9.12. The van der Waals surface area contributed by atoms with Gasteiger partial charge in [0, 0.05) is 18.1 Å². The van der Waals surface area contributed by atoms with Gasteiger partial charge in [0.1, 0.15) is 18.1 Å². The number of carbonyl (C=O) groups excluding carboxylic acids is 1. The number of para-hydroxylation sites is 3. The van der Waals surface area contributed by atoms with E-state index in [-0.39, 0.29) is 12.5 Å². The SMILES string of the molecule is CCc1nc2ccccc2n1CC(=O)Nc1cc(-c2ccccc2OC)[nH]n1. The number of fused-ring (bicyclic) bond motifs is 1. The van der Waals surface area contributed by atoms with E-state index in [0.29, 0.717) is 5.82 Å². The van der Waals surface area contributed by atoms with Crippen molar-refractivity contribution in [2.24, 2.45) is 0 Å². The lowest BCUT2D eigenvalue weighted by atomic mass is 10.1. The molecule has 0 fully saturated rings. The van der Waals surface area contributed by atoms with Crippen LogP contribution in [-0.2, 0) is 17.8 Å². The minimum Gasteiger partial charge on any atom is -0.496 e. The molecule has 0 aliphatic carbocycles. The highest BCUT2D eigenvalue weighted by atomic mass is 16.5. The number of rotatable bonds is 6. The van der Waals surface area contributed by atoms with Crippen LogP contribution in [0.5, 0.6) is 5.75 Å². The Bertz CT molecular complexity index is 1130. The number of hydrogen-bond donors (Lipinski definition) is 2. The van der Waals surface area contributed by atoms with E-state index in [9.17, 15) is 4.79 Å². The molecule has 7 nitrogen and oxygen atoms in total. The number of aromatic amines is 1.